The molecule has 33 heavy (non-hydrogen) atoms. The van der Waals surface area contributed by atoms with Gasteiger partial charge in [-0.1, -0.05) is 12.1 Å². The van der Waals surface area contributed by atoms with Gasteiger partial charge in [0.1, 0.15) is 5.75 Å². The summed E-state index contributed by atoms with van der Waals surface area (Å²) < 4.78 is 35.8. The molecule has 2 heterocycles. The highest BCUT2D eigenvalue weighted by atomic mass is 19.3. The summed E-state index contributed by atoms with van der Waals surface area (Å²) in [7, 11) is 1.49. The van der Waals surface area contributed by atoms with Crippen molar-refractivity contribution in [2.45, 2.75) is 51.3 Å². The van der Waals surface area contributed by atoms with Gasteiger partial charge in [-0.15, -0.1) is 0 Å². The monoisotopic (exact) mass is 460 g/mol. The SMILES string of the molecule is COc1ncc(C(=O)N[C@@H](C)C2CC2)c(N2CC[C@](C)(N)C2)c1-c1cccc(OC(F)F)c1. The number of carbonyl (C=O) groups is 1. The van der Waals surface area contributed by atoms with Crippen LogP contribution >= 0.6 is 0 Å². The fourth-order valence-electron chi connectivity index (χ4n) is 4.40. The highest BCUT2D eigenvalue weighted by molar-refractivity contribution is 6.04. The van der Waals surface area contributed by atoms with Crippen LogP contribution in [0.4, 0.5) is 14.5 Å². The van der Waals surface area contributed by atoms with Crippen molar-refractivity contribution in [1.82, 2.24) is 10.3 Å². The molecule has 7 nitrogen and oxygen atoms in total. The smallest absolute Gasteiger partial charge is 0.387 e. The van der Waals surface area contributed by atoms with Crippen LogP contribution in [0.3, 0.4) is 0 Å². The van der Waals surface area contributed by atoms with Gasteiger partial charge in [0, 0.05) is 30.9 Å². The molecule has 1 aliphatic heterocycles. The van der Waals surface area contributed by atoms with E-state index in [1.54, 1.807) is 12.1 Å². The number of anilines is 1. The molecule has 1 saturated carbocycles. The summed E-state index contributed by atoms with van der Waals surface area (Å²) in [5.74, 6) is 0.561. The summed E-state index contributed by atoms with van der Waals surface area (Å²) >= 11 is 0. The third kappa shape index (κ3) is 5.19. The Bertz CT molecular complexity index is 1030. The fourth-order valence-corrected chi connectivity index (χ4v) is 4.40. The van der Waals surface area contributed by atoms with Gasteiger partial charge in [-0.25, -0.2) is 4.98 Å². The molecule has 1 aromatic heterocycles. The molecule has 2 aliphatic rings. The van der Waals surface area contributed by atoms with E-state index in [0.29, 0.717) is 41.4 Å². The van der Waals surface area contributed by atoms with Crippen molar-refractivity contribution in [2.75, 3.05) is 25.1 Å². The highest BCUT2D eigenvalue weighted by Gasteiger charge is 2.36. The van der Waals surface area contributed by atoms with E-state index >= 15 is 0 Å². The Morgan fingerprint density at radius 2 is 2.12 bits per heavy atom. The maximum Gasteiger partial charge on any atom is 0.387 e. The molecule has 1 amide bonds. The molecule has 2 atom stereocenters. The van der Waals surface area contributed by atoms with Crippen LogP contribution in [-0.4, -0.2) is 49.3 Å². The van der Waals surface area contributed by atoms with Crippen LogP contribution in [0.2, 0.25) is 0 Å². The molecule has 3 N–H and O–H groups in total. The van der Waals surface area contributed by atoms with Crippen LogP contribution in [0.1, 0.15) is 43.5 Å². The molecule has 0 radical (unpaired) electrons. The van der Waals surface area contributed by atoms with Crippen molar-refractivity contribution in [2.24, 2.45) is 11.7 Å². The zero-order chi connectivity index (χ0) is 23.8. The number of methoxy groups -OCH3 is 1. The average Bonchev–Trinajstić information content (AvgIpc) is 3.55. The summed E-state index contributed by atoms with van der Waals surface area (Å²) in [6.07, 6.45) is 4.47. The normalized spacial score (nSPS) is 21.2. The summed E-state index contributed by atoms with van der Waals surface area (Å²) in [6.45, 7) is 2.19. The number of benzene rings is 1. The summed E-state index contributed by atoms with van der Waals surface area (Å²) in [6, 6.07) is 6.39. The molecule has 4 rings (SSSR count). The topological polar surface area (TPSA) is 89.7 Å². The molecular formula is C24H30F2N4O3. The van der Waals surface area contributed by atoms with Gasteiger partial charge in [-0.3, -0.25) is 4.79 Å². The third-order valence-electron chi connectivity index (χ3n) is 6.31. The highest BCUT2D eigenvalue weighted by Crippen LogP contribution is 2.43. The minimum absolute atomic E-state index is 0.0119. The lowest BCUT2D eigenvalue weighted by molar-refractivity contribution is -0.0498. The quantitative estimate of drug-likeness (QED) is 0.623. The van der Waals surface area contributed by atoms with Crippen LogP contribution in [0.15, 0.2) is 30.5 Å². The van der Waals surface area contributed by atoms with Gasteiger partial charge in [0.15, 0.2) is 0 Å². The second-order valence-electron chi connectivity index (χ2n) is 9.24. The number of nitrogens with zero attached hydrogens (tertiary/aromatic N) is 2. The molecule has 178 valence electrons. The van der Waals surface area contributed by atoms with Crippen LogP contribution in [0, 0.1) is 5.92 Å². The molecule has 1 aliphatic carbocycles. The lowest BCUT2D eigenvalue weighted by atomic mass is 9.99. The van der Waals surface area contributed by atoms with E-state index in [-0.39, 0.29) is 23.6 Å². The maximum absolute atomic E-state index is 13.3. The van der Waals surface area contributed by atoms with Crippen molar-refractivity contribution in [3.8, 4) is 22.8 Å². The van der Waals surface area contributed by atoms with Crippen molar-refractivity contribution < 1.29 is 23.0 Å². The Hall–Kier alpha value is -2.94. The predicted molar refractivity (Wildman–Crippen MR) is 122 cm³/mol. The second kappa shape index (κ2) is 9.13. The number of ether oxygens (including phenoxy) is 2. The number of hydrogen-bond acceptors (Lipinski definition) is 6. The maximum atomic E-state index is 13.3. The van der Waals surface area contributed by atoms with Crippen molar-refractivity contribution in [1.29, 1.82) is 0 Å². The Morgan fingerprint density at radius 3 is 2.73 bits per heavy atom. The number of amides is 1. The molecule has 2 aromatic rings. The number of nitrogens with two attached hydrogens (primary N) is 1. The Balaban J connectivity index is 1.84. The number of nitrogens with one attached hydrogen (secondary N) is 1. The van der Waals surface area contributed by atoms with Gasteiger partial charge in [0.25, 0.3) is 5.91 Å². The van der Waals surface area contributed by atoms with Gasteiger partial charge >= 0.3 is 6.61 Å². The van der Waals surface area contributed by atoms with Gasteiger partial charge in [-0.2, -0.15) is 8.78 Å². The zero-order valence-corrected chi connectivity index (χ0v) is 19.1. The molecule has 9 heteroatoms. The van der Waals surface area contributed by atoms with Gasteiger partial charge in [0.05, 0.1) is 23.9 Å². The molecule has 0 bridgehead atoms. The lowest BCUT2D eigenvalue weighted by Crippen LogP contribution is -2.40. The fraction of sp³-hybridized carbons (Fsp3) is 0.500. The summed E-state index contributed by atoms with van der Waals surface area (Å²) in [5.41, 5.74) is 8.11. The van der Waals surface area contributed by atoms with Gasteiger partial charge in [-0.05, 0) is 56.7 Å². The standard InChI is InChI=1S/C24H30F2N4O3/c1-14(15-7-8-15)29-21(31)18-12-28-22(32-3)19(20(18)30-10-9-24(2,27)13-30)16-5-4-6-17(11-16)33-23(25)26/h4-6,11-12,14-15,23H,7-10,13,27H2,1-3H3,(H,29,31)/t14-,24-/m0/s1. The van der Waals surface area contributed by atoms with Crippen LogP contribution in [-0.2, 0) is 0 Å². The Morgan fingerprint density at radius 1 is 1.36 bits per heavy atom. The first kappa shape index (κ1) is 23.2. The Labute approximate surface area is 192 Å². The second-order valence-corrected chi connectivity index (χ2v) is 9.24. The minimum atomic E-state index is -2.95. The number of rotatable bonds is 8. The van der Waals surface area contributed by atoms with E-state index in [1.165, 1.54) is 25.4 Å². The molecule has 0 unspecified atom stereocenters. The van der Waals surface area contributed by atoms with Crippen LogP contribution in [0.25, 0.3) is 11.1 Å². The van der Waals surface area contributed by atoms with E-state index < -0.39 is 12.2 Å². The first-order chi connectivity index (χ1) is 15.7. The van der Waals surface area contributed by atoms with Crippen molar-refractivity contribution >= 4 is 11.6 Å². The lowest BCUT2D eigenvalue weighted by Gasteiger charge is -2.28. The first-order valence-electron chi connectivity index (χ1n) is 11.2. The third-order valence-corrected chi connectivity index (χ3v) is 6.31. The van der Waals surface area contributed by atoms with Crippen LogP contribution < -0.4 is 25.4 Å². The summed E-state index contributed by atoms with van der Waals surface area (Å²) in [4.78, 5) is 19.8. The Kier molecular flexibility index (Phi) is 6.43. The van der Waals surface area contributed by atoms with Crippen molar-refractivity contribution in [3.63, 3.8) is 0 Å². The molecule has 1 saturated heterocycles. The molecule has 0 spiro atoms. The van der Waals surface area contributed by atoms with E-state index in [0.717, 1.165) is 19.3 Å². The van der Waals surface area contributed by atoms with Gasteiger partial charge < -0.3 is 25.4 Å². The number of hydrogen-bond donors (Lipinski definition) is 2. The van der Waals surface area contributed by atoms with Crippen LogP contribution in [0.5, 0.6) is 11.6 Å². The number of pyridine rings is 1. The van der Waals surface area contributed by atoms with E-state index in [9.17, 15) is 13.6 Å². The average molecular weight is 461 g/mol. The van der Waals surface area contributed by atoms with Gasteiger partial charge in [0.2, 0.25) is 5.88 Å². The number of halogens is 2. The molecular weight excluding hydrogens is 430 g/mol. The summed E-state index contributed by atoms with van der Waals surface area (Å²) in [5, 5.41) is 3.09. The van der Waals surface area contributed by atoms with Crippen molar-refractivity contribution in [3.05, 3.63) is 36.0 Å². The largest absolute Gasteiger partial charge is 0.480 e. The van der Waals surface area contributed by atoms with E-state index in [1.807, 2.05) is 13.8 Å². The zero-order valence-electron chi connectivity index (χ0n) is 19.1. The molecule has 2 fully saturated rings. The number of alkyl halides is 2. The predicted octanol–water partition coefficient (Wildman–Crippen LogP) is 3.81. The van der Waals surface area contributed by atoms with E-state index in [4.69, 9.17) is 10.5 Å². The minimum Gasteiger partial charge on any atom is -0.480 e. The van der Waals surface area contributed by atoms with E-state index in [2.05, 4.69) is 19.9 Å². The molecule has 1 aromatic carbocycles. The number of aromatic nitrogens is 1. The number of carbonyl (C=O) groups excluding carboxylic acids is 1. The first-order valence-corrected chi connectivity index (χ1v) is 11.2.